The summed E-state index contributed by atoms with van der Waals surface area (Å²) in [5.41, 5.74) is 8.28. The maximum Gasteiger partial charge on any atom is 0.129 e. The molecule has 0 fully saturated rings. The molecule has 0 aliphatic rings. The fraction of sp³-hybridized carbons (Fsp3) is 0.333. The Morgan fingerprint density at radius 1 is 0.233 bits per heavy atom. The van der Waals surface area contributed by atoms with E-state index in [0.717, 1.165) is 43.4 Å². The van der Waals surface area contributed by atoms with Gasteiger partial charge in [-0.3, -0.25) is 0 Å². The minimum atomic E-state index is -0.521. The Morgan fingerprint density at radius 3 is 0.965 bits per heavy atom. The molecule has 0 aliphatic heterocycles. The molecular weight excluding hydrogens is 1300 g/mol. The van der Waals surface area contributed by atoms with Gasteiger partial charge in [0.25, 0.3) is 0 Å². The average Bonchev–Trinajstić information content (AvgIpc) is 3.63. The fourth-order valence-corrected chi connectivity index (χ4v) is 10.3. The Bertz CT molecular complexity index is 3000. The van der Waals surface area contributed by atoms with Crippen LogP contribution < -0.4 is 0 Å². The van der Waals surface area contributed by atoms with E-state index in [4.69, 9.17) is 116 Å². The molecule has 0 aliphatic carbocycles. The molecule has 0 amide bonds. The van der Waals surface area contributed by atoms with Crippen LogP contribution in [0.3, 0.4) is 0 Å². The third-order valence-electron chi connectivity index (χ3n) is 12.6. The second kappa shape index (κ2) is 41.6. The molecule has 0 nitrogen and oxygen atoms in total. The number of benzene rings is 8. The largest absolute Gasteiger partial charge is 0.207 e. The van der Waals surface area contributed by atoms with Gasteiger partial charge in [-0.2, -0.15) is 0 Å². The lowest BCUT2D eigenvalue weighted by Crippen LogP contribution is -1.92. The van der Waals surface area contributed by atoms with Crippen molar-refractivity contribution < 1.29 is 17.6 Å². The average molecular weight is 1380 g/mol. The highest BCUT2D eigenvalue weighted by molar-refractivity contribution is 6.42. The van der Waals surface area contributed by atoms with Crippen molar-refractivity contribution in [3.63, 3.8) is 0 Å². The van der Waals surface area contributed by atoms with Crippen LogP contribution in [0, 0.1) is 23.3 Å². The van der Waals surface area contributed by atoms with E-state index in [9.17, 15) is 17.6 Å². The molecule has 0 saturated heterocycles. The first-order valence-electron chi connectivity index (χ1n) is 28.3. The minimum Gasteiger partial charge on any atom is -0.207 e. The van der Waals surface area contributed by atoms with E-state index in [1.54, 1.807) is 36.4 Å². The molecule has 0 spiro atoms. The van der Waals surface area contributed by atoms with Gasteiger partial charge in [0.15, 0.2) is 0 Å². The van der Waals surface area contributed by atoms with Gasteiger partial charge in [0, 0.05) is 46.2 Å². The molecule has 0 heterocycles. The molecule has 8 aromatic carbocycles. The Balaban J connectivity index is 0.000000492. The van der Waals surface area contributed by atoms with E-state index in [1.165, 1.54) is 47.0 Å². The predicted molar refractivity (Wildman–Crippen MR) is 374 cm³/mol. The third-order valence-corrected chi connectivity index (χ3v) is 15.5. The molecule has 0 unspecified atom stereocenters. The van der Waals surface area contributed by atoms with Crippen molar-refractivity contribution in [2.24, 2.45) is 0 Å². The van der Waals surface area contributed by atoms with Crippen LogP contribution in [0.1, 0.15) is 203 Å². The predicted octanol–water partition coefficient (Wildman–Crippen LogP) is 29.6. The third kappa shape index (κ3) is 31.2. The number of halogens is 14. The van der Waals surface area contributed by atoms with Gasteiger partial charge in [-0.1, -0.05) is 294 Å². The van der Waals surface area contributed by atoms with Crippen LogP contribution in [-0.4, -0.2) is 0 Å². The zero-order valence-electron chi connectivity index (χ0n) is 51.9. The summed E-state index contributed by atoms with van der Waals surface area (Å²) in [6.07, 6.45) is 0. The summed E-state index contributed by atoms with van der Waals surface area (Å²) in [4.78, 5) is 0. The highest BCUT2D eigenvalue weighted by Crippen LogP contribution is 2.32. The van der Waals surface area contributed by atoms with Gasteiger partial charge in [-0.15, -0.1) is 0 Å². The normalized spacial score (nSPS) is 10.6. The van der Waals surface area contributed by atoms with Crippen LogP contribution in [0.5, 0.6) is 0 Å². The molecule has 8 rings (SSSR count). The number of rotatable bonds is 8. The first-order valence-corrected chi connectivity index (χ1v) is 32.0. The van der Waals surface area contributed by atoms with E-state index in [-0.39, 0.29) is 23.5 Å². The Kier molecular flexibility index (Phi) is 38.9. The summed E-state index contributed by atoms with van der Waals surface area (Å²) in [6.45, 7) is 32.9. The lowest BCUT2D eigenvalue weighted by atomic mass is 10.0. The van der Waals surface area contributed by atoms with Crippen molar-refractivity contribution in [2.75, 3.05) is 0 Å². The summed E-state index contributed by atoms with van der Waals surface area (Å²) >= 11 is 58.1. The summed E-state index contributed by atoms with van der Waals surface area (Å²) < 4.78 is 50.8. The smallest absolute Gasteiger partial charge is 0.129 e. The second-order valence-electron chi connectivity index (χ2n) is 22.3. The summed E-state index contributed by atoms with van der Waals surface area (Å²) in [5.74, 6) is 1.68. The van der Waals surface area contributed by atoms with E-state index in [2.05, 4.69) is 87.4 Å². The van der Waals surface area contributed by atoms with Crippen molar-refractivity contribution in [2.45, 2.75) is 158 Å². The quantitative estimate of drug-likeness (QED) is 0.133. The lowest BCUT2D eigenvalue weighted by molar-refractivity contribution is 0.565. The van der Waals surface area contributed by atoms with Gasteiger partial charge in [0.05, 0.1) is 10.0 Å². The van der Waals surface area contributed by atoms with Crippen LogP contribution in [0.2, 0.25) is 50.2 Å². The Hall–Kier alpha value is -3.62. The zero-order valence-corrected chi connectivity index (χ0v) is 59.5. The SMILES string of the molecule is CC(C)c1cc(Cl)cc(Cl)c1.CC(C)c1ccc(Cl)cc1.CC(C)c1ccc(Cl)cc1Cl.CC(C)c1ccc(Cl)cc1F.CC(C)c1ccc(F)cc1Cl.CC(C)c1ccc(F)cc1F.CC(C)c1cccc(Cl)c1Cl.CC(C)c1ccccc1Cl. The molecule has 0 aromatic heterocycles. The number of hydrogen-bond donors (Lipinski definition) is 0. The molecule has 8 aromatic rings. The molecule has 0 bridgehead atoms. The van der Waals surface area contributed by atoms with Gasteiger partial charge >= 0.3 is 0 Å². The van der Waals surface area contributed by atoms with Crippen LogP contribution >= 0.6 is 116 Å². The monoisotopic (exact) mass is 1370 g/mol. The van der Waals surface area contributed by atoms with Crippen LogP contribution in [-0.2, 0) is 0 Å². The van der Waals surface area contributed by atoms with Gasteiger partial charge < -0.3 is 0 Å². The van der Waals surface area contributed by atoms with Gasteiger partial charge in [-0.05, 0) is 177 Å². The fourth-order valence-electron chi connectivity index (χ4n) is 7.54. The topological polar surface area (TPSA) is 0 Å². The molecule has 0 N–H and O–H groups in total. The summed E-state index contributed by atoms with van der Waals surface area (Å²) in [5, 5.41) is 6.84. The first kappa shape index (κ1) is 80.4. The zero-order chi connectivity index (χ0) is 65.7. The van der Waals surface area contributed by atoms with Crippen molar-refractivity contribution in [1.29, 1.82) is 0 Å². The molecule has 14 heteroatoms. The lowest BCUT2D eigenvalue weighted by Gasteiger charge is -2.07. The summed E-state index contributed by atoms with van der Waals surface area (Å²) in [7, 11) is 0. The van der Waals surface area contributed by atoms with Crippen LogP contribution in [0.25, 0.3) is 0 Å². The molecular formula is C72H82Cl10F4. The molecule has 86 heavy (non-hydrogen) atoms. The van der Waals surface area contributed by atoms with E-state index in [0.29, 0.717) is 76.2 Å². The molecule has 0 radical (unpaired) electrons. The highest BCUT2D eigenvalue weighted by atomic mass is 35.5. The number of hydrogen-bond acceptors (Lipinski definition) is 0. The minimum absolute atomic E-state index is 0.107. The maximum absolute atomic E-state index is 13.0. The van der Waals surface area contributed by atoms with Gasteiger partial charge in [0.2, 0.25) is 0 Å². The Labute approximate surface area is 562 Å². The maximum atomic E-state index is 13.0. The molecule has 0 saturated carbocycles. The first-order chi connectivity index (χ1) is 40.1. The van der Waals surface area contributed by atoms with Crippen LogP contribution in [0.4, 0.5) is 17.6 Å². The molecule has 0 atom stereocenters. The second-order valence-corrected chi connectivity index (χ2v) is 26.5. The van der Waals surface area contributed by atoms with E-state index >= 15 is 0 Å². The summed E-state index contributed by atoms with van der Waals surface area (Å²) in [6, 6.07) is 45.8. The van der Waals surface area contributed by atoms with E-state index < -0.39 is 11.6 Å². The highest BCUT2D eigenvalue weighted by Gasteiger charge is 2.10. The Morgan fingerprint density at radius 2 is 0.581 bits per heavy atom. The van der Waals surface area contributed by atoms with Crippen molar-refractivity contribution >= 4 is 116 Å². The standard InChI is InChI=1S/3C9H10Cl2.2C9H10ClF.2C9H11Cl.C9H10F2/c1-6(2)7-3-8(10)5-9(11)4-7;1-6(2)8-4-3-7(10)5-9(8)11;1-6(2)7-4-3-5-8(10)9(7)11;1-6(2)8-4-3-7(11)5-9(8)10;1-6(2)8-4-3-7(10)5-9(8)11;1-7(2)8-3-5-9(10)6-4-8;1-7(2)8-5-3-4-6-9(8)10;1-6(2)8-4-3-7(10)5-9(8)11/h5*3-6H,1-2H3;2*3-7H,1-2H3;3-6H,1-2H3. The van der Waals surface area contributed by atoms with Gasteiger partial charge in [-0.25, -0.2) is 17.6 Å². The van der Waals surface area contributed by atoms with Crippen molar-refractivity contribution in [3.05, 3.63) is 276 Å². The van der Waals surface area contributed by atoms with E-state index in [1.807, 2.05) is 108 Å². The van der Waals surface area contributed by atoms with Gasteiger partial charge in [0.1, 0.15) is 23.3 Å². The molecule has 468 valence electrons. The van der Waals surface area contributed by atoms with Crippen molar-refractivity contribution in [1.82, 2.24) is 0 Å². The van der Waals surface area contributed by atoms with Crippen LogP contribution in [0.15, 0.2) is 158 Å². The van der Waals surface area contributed by atoms with Crippen molar-refractivity contribution in [3.8, 4) is 0 Å².